The topological polar surface area (TPSA) is 105 Å². The van der Waals surface area contributed by atoms with Crippen LogP contribution >= 0.6 is 12.4 Å². The van der Waals surface area contributed by atoms with E-state index in [-0.39, 0.29) is 36.9 Å². The lowest BCUT2D eigenvalue weighted by Crippen LogP contribution is -2.41. The van der Waals surface area contributed by atoms with Crippen molar-refractivity contribution in [3.8, 4) is 5.75 Å². The molecule has 7 nitrogen and oxygen atoms in total. The molecule has 2 rings (SSSR count). The molecule has 1 aliphatic rings. The van der Waals surface area contributed by atoms with Crippen LogP contribution in [0.15, 0.2) is 29.2 Å². The molecule has 0 bridgehead atoms. The van der Waals surface area contributed by atoms with E-state index in [2.05, 4.69) is 0 Å². The number of carbonyl (C=O) groups excluding carboxylic acids is 1. The van der Waals surface area contributed by atoms with Crippen LogP contribution in [0.2, 0.25) is 0 Å². The summed E-state index contributed by atoms with van der Waals surface area (Å²) in [6.45, 7) is 6.59. The maximum absolute atomic E-state index is 12.9. The number of benzene rings is 1. The molecule has 0 aromatic heterocycles. The number of carbonyl (C=O) groups is 1. The molecule has 2 N–H and O–H groups in total. The Morgan fingerprint density at radius 3 is 2.43 bits per heavy atom. The van der Waals surface area contributed by atoms with Crippen molar-refractivity contribution < 1.29 is 27.4 Å². The summed E-state index contributed by atoms with van der Waals surface area (Å²) in [6.07, 6.45) is 0.914. The Morgan fingerprint density at radius 1 is 1.21 bits per heavy atom. The molecule has 2 atom stereocenters. The smallest absolute Gasteiger partial charge is 0.311 e. The molecule has 0 aliphatic carbocycles. The van der Waals surface area contributed by atoms with Crippen molar-refractivity contribution in [3.63, 3.8) is 0 Å². The Morgan fingerprint density at radius 2 is 1.86 bits per heavy atom. The number of rotatable bonds is 7. The van der Waals surface area contributed by atoms with Crippen molar-refractivity contribution in [3.05, 3.63) is 24.3 Å². The zero-order valence-electron chi connectivity index (χ0n) is 16.6. The number of ether oxygens (including phenoxy) is 3. The Kier molecular flexibility index (Phi) is 9.20. The molecular weight excluding hydrogens is 406 g/mol. The molecule has 9 heteroatoms. The monoisotopic (exact) mass is 435 g/mol. The van der Waals surface area contributed by atoms with Crippen LogP contribution in [0, 0.1) is 5.92 Å². The van der Waals surface area contributed by atoms with Gasteiger partial charge < -0.3 is 19.9 Å². The summed E-state index contributed by atoms with van der Waals surface area (Å²) in [4.78, 5) is 12.5. The van der Waals surface area contributed by atoms with Gasteiger partial charge in [-0.25, -0.2) is 8.42 Å². The number of hydrogen-bond acceptors (Lipinski definition) is 7. The van der Waals surface area contributed by atoms with E-state index in [4.69, 9.17) is 19.9 Å². The van der Waals surface area contributed by atoms with E-state index in [9.17, 15) is 13.2 Å². The van der Waals surface area contributed by atoms with Gasteiger partial charge in [-0.3, -0.25) is 4.79 Å². The standard InChI is InChI=1S/C19H29NO6S.ClH/c1-19(2,3)26-18(21)14-11-17(13-24-12-14)27(22,23)16-7-5-15(6-8-16)25-10-4-9-20;/h5-8,14,17H,4,9-13,20H2,1-3H3;1H. The van der Waals surface area contributed by atoms with Crippen LogP contribution in [0.5, 0.6) is 5.75 Å². The fraction of sp³-hybridized carbons (Fsp3) is 0.632. The first-order valence-corrected chi connectivity index (χ1v) is 10.7. The van der Waals surface area contributed by atoms with Gasteiger partial charge >= 0.3 is 5.97 Å². The second-order valence-electron chi connectivity index (χ2n) is 7.63. The van der Waals surface area contributed by atoms with E-state index in [0.29, 0.717) is 18.9 Å². The molecule has 0 radical (unpaired) electrons. The van der Waals surface area contributed by atoms with Crippen LogP contribution in [0.1, 0.15) is 33.6 Å². The van der Waals surface area contributed by atoms with Crippen molar-refractivity contribution in [1.29, 1.82) is 0 Å². The highest BCUT2D eigenvalue weighted by atomic mass is 35.5. The summed E-state index contributed by atoms with van der Waals surface area (Å²) in [6, 6.07) is 6.28. The second kappa shape index (κ2) is 10.4. The lowest BCUT2D eigenvalue weighted by Gasteiger charge is -2.30. The summed E-state index contributed by atoms with van der Waals surface area (Å²) in [7, 11) is -3.62. The lowest BCUT2D eigenvalue weighted by molar-refractivity contribution is -0.164. The highest BCUT2D eigenvalue weighted by Crippen LogP contribution is 2.28. The number of esters is 1. The van der Waals surface area contributed by atoms with Gasteiger partial charge in [-0.15, -0.1) is 12.4 Å². The van der Waals surface area contributed by atoms with Gasteiger partial charge in [-0.05, 0) is 64.4 Å². The van der Waals surface area contributed by atoms with Crippen LogP contribution in [0.3, 0.4) is 0 Å². The van der Waals surface area contributed by atoms with Gasteiger partial charge in [0.25, 0.3) is 0 Å². The molecule has 1 saturated heterocycles. The third-order valence-corrected chi connectivity index (χ3v) is 6.25. The van der Waals surface area contributed by atoms with Crippen LogP contribution in [-0.4, -0.2) is 51.6 Å². The van der Waals surface area contributed by atoms with Gasteiger partial charge in [-0.1, -0.05) is 0 Å². The summed E-state index contributed by atoms with van der Waals surface area (Å²) in [5.41, 5.74) is 4.80. The minimum absolute atomic E-state index is 0. The van der Waals surface area contributed by atoms with Crippen LogP contribution < -0.4 is 10.5 Å². The van der Waals surface area contributed by atoms with E-state index in [1.807, 2.05) is 0 Å². The molecular formula is C19H30ClNO6S. The van der Waals surface area contributed by atoms with Crippen LogP contribution in [-0.2, 0) is 24.1 Å². The third kappa shape index (κ3) is 6.92. The van der Waals surface area contributed by atoms with Crippen LogP contribution in [0.4, 0.5) is 0 Å². The molecule has 0 amide bonds. The third-order valence-electron chi connectivity index (χ3n) is 4.12. The van der Waals surface area contributed by atoms with Crippen molar-refractivity contribution >= 4 is 28.2 Å². The van der Waals surface area contributed by atoms with E-state index in [0.717, 1.165) is 6.42 Å². The zero-order chi connectivity index (χ0) is 20.1. The van der Waals surface area contributed by atoms with Gasteiger partial charge in [0.2, 0.25) is 0 Å². The molecule has 1 heterocycles. The average Bonchev–Trinajstić information content (AvgIpc) is 2.61. The SMILES string of the molecule is CC(C)(C)OC(=O)C1COCC(S(=O)(=O)c2ccc(OCCCN)cc2)C1.Cl. The Labute approximate surface area is 173 Å². The van der Waals surface area contributed by atoms with E-state index >= 15 is 0 Å². The van der Waals surface area contributed by atoms with Crippen molar-refractivity contribution in [2.45, 2.75) is 49.4 Å². The number of hydrogen-bond donors (Lipinski definition) is 1. The lowest BCUT2D eigenvalue weighted by atomic mass is 10.0. The Balaban J connectivity index is 0.00000392. The molecule has 0 saturated carbocycles. The highest BCUT2D eigenvalue weighted by Gasteiger charge is 2.38. The quantitative estimate of drug-likeness (QED) is 0.517. The first-order chi connectivity index (χ1) is 12.6. The second-order valence-corrected chi connectivity index (χ2v) is 9.86. The predicted molar refractivity (Wildman–Crippen MR) is 109 cm³/mol. The van der Waals surface area contributed by atoms with Gasteiger partial charge in [0.1, 0.15) is 11.4 Å². The largest absolute Gasteiger partial charge is 0.494 e. The fourth-order valence-corrected chi connectivity index (χ4v) is 4.41. The van der Waals surface area contributed by atoms with Crippen molar-refractivity contribution in [2.75, 3.05) is 26.4 Å². The minimum atomic E-state index is -3.62. The molecule has 1 fully saturated rings. The molecule has 160 valence electrons. The molecule has 28 heavy (non-hydrogen) atoms. The number of halogens is 1. The first-order valence-electron chi connectivity index (χ1n) is 9.11. The Bertz CT molecular complexity index is 730. The van der Waals surface area contributed by atoms with E-state index in [1.165, 1.54) is 12.1 Å². The summed E-state index contributed by atoms with van der Waals surface area (Å²) >= 11 is 0. The molecule has 0 spiro atoms. The maximum atomic E-state index is 12.9. The molecule has 1 aromatic rings. The molecule has 2 unspecified atom stereocenters. The maximum Gasteiger partial charge on any atom is 0.311 e. The highest BCUT2D eigenvalue weighted by molar-refractivity contribution is 7.92. The van der Waals surface area contributed by atoms with Crippen molar-refractivity contribution in [2.24, 2.45) is 11.7 Å². The first kappa shape index (κ1) is 24.7. The summed E-state index contributed by atoms with van der Waals surface area (Å²) in [5, 5.41) is -0.784. The van der Waals surface area contributed by atoms with Gasteiger partial charge in [0.15, 0.2) is 9.84 Å². The zero-order valence-corrected chi connectivity index (χ0v) is 18.2. The average molecular weight is 436 g/mol. The number of nitrogens with two attached hydrogens (primary N) is 1. The molecule has 1 aliphatic heterocycles. The van der Waals surface area contributed by atoms with Gasteiger partial charge in [-0.2, -0.15) is 0 Å². The van der Waals surface area contributed by atoms with Gasteiger partial charge in [0.05, 0.1) is 35.9 Å². The summed E-state index contributed by atoms with van der Waals surface area (Å²) in [5.74, 6) is -0.420. The van der Waals surface area contributed by atoms with Crippen LogP contribution in [0.25, 0.3) is 0 Å². The minimum Gasteiger partial charge on any atom is -0.494 e. The van der Waals surface area contributed by atoms with Gasteiger partial charge in [0, 0.05) is 0 Å². The molecule has 1 aromatic carbocycles. The normalized spacial score (nSPS) is 20.1. The predicted octanol–water partition coefficient (Wildman–Crippen LogP) is 2.36. The fourth-order valence-electron chi connectivity index (χ4n) is 2.75. The summed E-state index contributed by atoms with van der Waals surface area (Å²) < 4.78 is 42.1. The number of sulfone groups is 1. The van der Waals surface area contributed by atoms with E-state index in [1.54, 1.807) is 32.9 Å². The van der Waals surface area contributed by atoms with Crippen molar-refractivity contribution in [1.82, 2.24) is 0 Å². The van der Waals surface area contributed by atoms with E-state index < -0.39 is 32.6 Å². The Hall–Kier alpha value is -1.35.